The fourth-order valence-corrected chi connectivity index (χ4v) is 1.38. The molecule has 0 saturated carbocycles. The molecule has 0 unspecified atom stereocenters. The molecule has 1 aromatic rings. The Bertz CT molecular complexity index is 557. The summed E-state index contributed by atoms with van der Waals surface area (Å²) in [7, 11) is -4.22. The number of hydrogen-bond acceptors (Lipinski definition) is 5. The second kappa shape index (κ2) is 6.07. The zero-order chi connectivity index (χ0) is 13.8. The summed E-state index contributed by atoms with van der Waals surface area (Å²) in [4.78, 5) is 41.4. The van der Waals surface area contributed by atoms with Crippen molar-refractivity contribution in [3.8, 4) is 0 Å². The molecule has 0 spiro atoms. The van der Waals surface area contributed by atoms with Crippen LogP contribution in [0.3, 0.4) is 0 Å². The van der Waals surface area contributed by atoms with Crippen LogP contribution < -0.4 is 11.2 Å². The van der Waals surface area contributed by atoms with E-state index in [-0.39, 0.29) is 13.5 Å². The van der Waals surface area contributed by atoms with E-state index in [1.165, 1.54) is 13.1 Å². The van der Waals surface area contributed by atoms with Gasteiger partial charge in [0.1, 0.15) is 13.5 Å². The van der Waals surface area contributed by atoms with Crippen LogP contribution in [0.2, 0.25) is 0 Å². The number of nitrogens with one attached hydrogen (secondary N) is 1. The Labute approximate surface area is 101 Å². The Morgan fingerprint density at radius 2 is 2.06 bits per heavy atom. The Morgan fingerprint density at radius 3 is 2.67 bits per heavy atom. The minimum absolute atomic E-state index is 0.197. The fourth-order valence-electron chi connectivity index (χ4n) is 1.07. The standard InChI is InChI=1S/C8H13N2O7P/c1-6-2-10(8(12)9-7(6)11)3-16-4-17-5-18(13,14)15/h2H,3-5H2,1H3,(H,9,11,12)(H2,13,14,15). The number of H-pyrrole nitrogens is 1. The fraction of sp³-hybridized carbons (Fsp3) is 0.500. The van der Waals surface area contributed by atoms with Crippen molar-refractivity contribution in [2.75, 3.05) is 13.1 Å². The number of aryl methyl sites for hydroxylation is 1. The average Bonchev–Trinajstić information content (AvgIpc) is 2.23. The molecule has 1 aromatic heterocycles. The van der Waals surface area contributed by atoms with Gasteiger partial charge in [-0.1, -0.05) is 0 Å². The van der Waals surface area contributed by atoms with Gasteiger partial charge in [-0.15, -0.1) is 0 Å². The molecular weight excluding hydrogens is 267 g/mol. The van der Waals surface area contributed by atoms with Gasteiger partial charge >= 0.3 is 13.3 Å². The molecular formula is C8H13N2O7P. The Morgan fingerprint density at radius 1 is 1.39 bits per heavy atom. The molecule has 18 heavy (non-hydrogen) atoms. The van der Waals surface area contributed by atoms with Crippen molar-refractivity contribution in [3.05, 3.63) is 32.6 Å². The maximum absolute atomic E-state index is 11.3. The number of aromatic amines is 1. The highest BCUT2D eigenvalue weighted by molar-refractivity contribution is 7.51. The summed E-state index contributed by atoms with van der Waals surface area (Å²) in [5, 5.41) is 0. The van der Waals surface area contributed by atoms with Crippen molar-refractivity contribution in [2.24, 2.45) is 0 Å². The summed E-state index contributed by atoms with van der Waals surface area (Å²) < 4.78 is 20.9. The molecule has 0 aromatic carbocycles. The lowest BCUT2D eigenvalue weighted by atomic mass is 10.4. The third-order valence-electron chi connectivity index (χ3n) is 1.85. The minimum Gasteiger partial charge on any atom is -0.343 e. The van der Waals surface area contributed by atoms with Crippen LogP contribution in [0.15, 0.2) is 15.8 Å². The monoisotopic (exact) mass is 280 g/mol. The van der Waals surface area contributed by atoms with Gasteiger partial charge in [-0.05, 0) is 6.92 Å². The number of nitrogens with zero attached hydrogens (tertiary/aromatic N) is 1. The van der Waals surface area contributed by atoms with Crippen LogP contribution in [0.1, 0.15) is 5.56 Å². The Kier molecular flexibility index (Phi) is 5.00. The lowest BCUT2D eigenvalue weighted by molar-refractivity contribution is -0.0698. The van der Waals surface area contributed by atoms with Gasteiger partial charge in [0.15, 0.2) is 6.35 Å². The van der Waals surface area contributed by atoms with E-state index in [4.69, 9.17) is 14.5 Å². The van der Waals surface area contributed by atoms with E-state index in [0.717, 1.165) is 4.57 Å². The van der Waals surface area contributed by atoms with Gasteiger partial charge in [-0.25, -0.2) is 4.79 Å². The molecule has 0 aliphatic heterocycles. The van der Waals surface area contributed by atoms with Crippen LogP contribution in [-0.2, 0) is 20.8 Å². The van der Waals surface area contributed by atoms with E-state index in [9.17, 15) is 14.2 Å². The summed E-state index contributed by atoms with van der Waals surface area (Å²) in [6, 6.07) is 0. The summed E-state index contributed by atoms with van der Waals surface area (Å²) in [5.41, 5.74) is -0.774. The van der Waals surface area contributed by atoms with Gasteiger partial charge in [0, 0.05) is 11.8 Å². The van der Waals surface area contributed by atoms with Crippen molar-refractivity contribution < 1.29 is 23.8 Å². The number of rotatable bonds is 6. The smallest absolute Gasteiger partial charge is 0.343 e. The SMILES string of the molecule is Cc1cn(COCOCP(=O)(O)O)c(=O)[nH]c1=O. The van der Waals surface area contributed by atoms with Crippen molar-refractivity contribution in [1.29, 1.82) is 0 Å². The molecule has 0 aliphatic rings. The molecule has 1 rings (SSSR count). The molecule has 3 N–H and O–H groups in total. The van der Waals surface area contributed by atoms with Gasteiger partial charge in [0.25, 0.3) is 5.56 Å². The predicted molar refractivity (Wildman–Crippen MR) is 60.0 cm³/mol. The van der Waals surface area contributed by atoms with Crippen molar-refractivity contribution >= 4 is 7.60 Å². The highest BCUT2D eigenvalue weighted by Gasteiger charge is 2.12. The lowest BCUT2D eigenvalue weighted by Crippen LogP contribution is -2.31. The molecule has 0 amide bonds. The molecule has 102 valence electrons. The summed E-state index contributed by atoms with van der Waals surface area (Å²) in [6.07, 6.45) is 0.552. The number of ether oxygens (including phenoxy) is 2. The van der Waals surface area contributed by atoms with E-state index >= 15 is 0 Å². The van der Waals surface area contributed by atoms with Crippen molar-refractivity contribution in [2.45, 2.75) is 13.7 Å². The van der Waals surface area contributed by atoms with Gasteiger partial charge in [0.2, 0.25) is 0 Å². The van der Waals surface area contributed by atoms with E-state index in [1.807, 2.05) is 0 Å². The van der Waals surface area contributed by atoms with Gasteiger partial charge in [-0.3, -0.25) is 18.9 Å². The van der Waals surface area contributed by atoms with Crippen LogP contribution in [-0.4, -0.2) is 32.5 Å². The predicted octanol–water partition coefficient (Wildman–Crippen LogP) is -1.07. The third-order valence-corrected chi connectivity index (χ3v) is 2.36. The number of hydrogen-bond donors (Lipinski definition) is 3. The molecule has 10 heteroatoms. The largest absolute Gasteiger partial charge is 0.351 e. The van der Waals surface area contributed by atoms with E-state index < -0.39 is 25.2 Å². The summed E-state index contributed by atoms with van der Waals surface area (Å²) in [6.45, 7) is 0.951. The number of aromatic nitrogens is 2. The molecule has 0 atom stereocenters. The first-order chi connectivity index (χ1) is 8.29. The van der Waals surface area contributed by atoms with Crippen LogP contribution in [0.25, 0.3) is 0 Å². The summed E-state index contributed by atoms with van der Waals surface area (Å²) in [5.74, 6) is 0. The maximum atomic E-state index is 11.3. The average molecular weight is 280 g/mol. The van der Waals surface area contributed by atoms with Gasteiger partial charge in [0.05, 0.1) is 0 Å². The quantitative estimate of drug-likeness (QED) is 0.343. The molecule has 9 nitrogen and oxygen atoms in total. The molecule has 0 aliphatic carbocycles. The normalized spacial score (nSPS) is 11.7. The first-order valence-electron chi connectivity index (χ1n) is 4.80. The Balaban J connectivity index is 2.45. The first kappa shape index (κ1) is 14.8. The van der Waals surface area contributed by atoms with Crippen LogP contribution in [0, 0.1) is 6.92 Å². The molecule has 0 saturated heterocycles. The van der Waals surface area contributed by atoms with Gasteiger partial charge < -0.3 is 19.3 Å². The van der Waals surface area contributed by atoms with Crippen LogP contribution in [0.5, 0.6) is 0 Å². The molecule has 0 radical (unpaired) electrons. The zero-order valence-electron chi connectivity index (χ0n) is 9.53. The second-order valence-corrected chi connectivity index (χ2v) is 5.08. The zero-order valence-corrected chi connectivity index (χ0v) is 10.4. The van der Waals surface area contributed by atoms with Crippen molar-refractivity contribution in [1.82, 2.24) is 9.55 Å². The van der Waals surface area contributed by atoms with Crippen LogP contribution in [0.4, 0.5) is 0 Å². The highest BCUT2D eigenvalue weighted by atomic mass is 31.2. The topological polar surface area (TPSA) is 131 Å². The van der Waals surface area contributed by atoms with E-state index in [0.29, 0.717) is 5.56 Å². The van der Waals surface area contributed by atoms with Crippen molar-refractivity contribution in [3.63, 3.8) is 0 Å². The molecule has 0 bridgehead atoms. The Hall–Kier alpha value is -1.25. The maximum Gasteiger partial charge on any atom is 0.351 e. The van der Waals surface area contributed by atoms with Crippen LogP contribution >= 0.6 is 7.60 Å². The second-order valence-electron chi connectivity index (χ2n) is 3.49. The molecule has 1 heterocycles. The third kappa shape index (κ3) is 4.94. The summed E-state index contributed by atoms with van der Waals surface area (Å²) >= 11 is 0. The highest BCUT2D eigenvalue weighted by Crippen LogP contribution is 2.33. The first-order valence-corrected chi connectivity index (χ1v) is 6.60. The lowest BCUT2D eigenvalue weighted by Gasteiger charge is -2.08. The minimum atomic E-state index is -4.22. The molecule has 0 fully saturated rings. The van der Waals surface area contributed by atoms with Gasteiger partial charge in [-0.2, -0.15) is 0 Å². The van der Waals surface area contributed by atoms with E-state index in [1.54, 1.807) is 0 Å². The van der Waals surface area contributed by atoms with E-state index in [2.05, 4.69) is 9.72 Å².